The highest BCUT2D eigenvalue weighted by Gasteiger charge is 2.51. The molecule has 9 nitrogen and oxygen atoms in total. The summed E-state index contributed by atoms with van der Waals surface area (Å²) in [5.41, 5.74) is 5.84. The zero-order valence-electron chi connectivity index (χ0n) is 27.1. The van der Waals surface area contributed by atoms with Crippen molar-refractivity contribution in [1.29, 1.82) is 0 Å². The number of ether oxygens (including phenoxy) is 1. The maximum atomic E-state index is 15.2. The molecule has 1 aliphatic heterocycles. The van der Waals surface area contributed by atoms with E-state index in [0.717, 1.165) is 36.8 Å². The van der Waals surface area contributed by atoms with E-state index in [4.69, 9.17) is 15.4 Å². The standard InChI is InChI=1S/C36H52N4O5/c1-3-21-36(35(43)39-37,24-28-15-8-5-9-16-28)33(41)32(30-25-38-22-20-26(30)2)29(18-12-17-27-13-6-4-7-14-27)34(42)40-45-31-19-10-11-23-44-31/h5,8-9,15-16,20,22,25,27,29,31-32H,3-4,6-7,10-14,17-19,21,23-24,37H2,1-2H3,(H,39,43)(H,40,42)/t29-,31?,32+,36?/m0/s1. The highest BCUT2D eigenvalue weighted by molar-refractivity contribution is 6.10. The van der Waals surface area contributed by atoms with E-state index in [-0.39, 0.29) is 24.5 Å². The number of aryl methyl sites for hydroxylation is 1. The van der Waals surface area contributed by atoms with E-state index < -0.39 is 29.4 Å². The number of benzene rings is 1. The number of Topliss-reactive ketones (excluding diaryl/α,β-unsaturated/α-hetero) is 1. The van der Waals surface area contributed by atoms with E-state index >= 15 is 4.79 Å². The molecule has 2 unspecified atom stereocenters. The fourth-order valence-corrected chi connectivity index (χ4v) is 7.31. The second kappa shape index (κ2) is 17.5. The van der Waals surface area contributed by atoms with Gasteiger partial charge in [0.05, 0.1) is 11.8 Å². The smallest absolute Gasteiger partial charge is 0.247 e. The Labute approximate surface area is 268 Å². The van der Waals surface area contributed by atoms with Crippen LogP contribution in [-0.2, 0) is 30.4 Å². The van der Waals surface area contributed by atoms with Gasteiger partial charge in [0.25, 0.3) is 0 Å². The molecule has 4 N–H and O–H groups in total. The first-order valence-electron chi connectivity index (χ1n) is 17.0. The zero-order chi connectivity index (χ0) is 32.1. The molecule has 2 fully saturated rings. The molecule has 2 aromatic rings. The van der Waals surface area contributed by atoms with Gasteiger partial charge in [0, 0.05) is 25.4 Å². The Morgan fingerprint density at radius 3 is 2.49 bits per heavy atom. The van der Waals surface area contributed by atoms with E-state index in [1.54, 1.807) is 12.4 Å². The van der Waals surface area contributed by atoms with Crippen LogP contribution in [0.25, 0.3) is 0 Å². The Bertz CT molecular complexity index is 1230. The van der Waals surface area contributed by atoms with Gasteiger partial charge in [-0.25, -0.2) is 16.2 Å². The molecule has 2 aliphatic rings. The quantitative estimate of drug-likeness (QED) is 0.0907. The molecule has 246 valence electrons. The van der Waals surface area contributed by atoms with Gasteiger partial charge in [-0.2, -0.15) is 0 Å². The summed E-state index contributed by atoms with van der Waals surface area (Å²) in [6.07, 6.45) is 14.9. The molecule has 1 aliphatic carbocycles. The van der Waals surface area contributed by atoms with Crippen LogP contribution in [0.4, 0.5) is 0 Å². The fourth-order valence-electron chi connectivity index (χ4n) is 7.31. The van der Waals surface area contributed by atoms with Crippen LogP contribution in [0.15, 0.2) is 48.8 Å². The molecule has 2 heterocycles. The first-order valence-corrected chi connectivity index (χ1v) is 17.0. The third kappa shape index (κ3) is 9.21. The van der Waals surface area contributed by atoms with Crippen LogP contribution in [0.5, 0.6) is 0 Å². The van der Waals surface area contributed by atoms with E-state index in [1.165, 1.54) is 32.1 Å². The molecule has 0 bridgehead atoms. The first kappa shape index (κ1) is 34.7. The number of pyridine rings is 1. The number of carbonyl (C=O) groups is 3. The Kier molecular flexibility index (Phi) is 13.5. The van der Waals surface area contributed by atoms with Gasteiger partial charge in [0.1, 0.15) is 5.41 Å². The van der Waals surface area contributed by atoms with Crippen LogP contribution >= 0.6 is 0 Å². The number of nitrogens with zero attached hydrogens (tertiary/aromatic N) is 1. The molecular formula is C36H52N4O5. The number of nitrogens with two attached hydrogens (primary N) is 1. The number of ketones is 1. The molecule has 45 heavy (non-hydrogen) atoms. The summed E-state index contributed by atoms with van der Waals surface area (Å²) in [4.78, 5) is 53.4. The normalized spacial score (nSPS) is 20.0. The first-order chi connectivity index (χ1) is 21.9. The maximum Gasteiger partial charge on any atom is 0.247 e. The number of aromatic nitrogens is 1. The lowest BCUT2D eigenvalue weighted by atomic mass is 9.65. The molecule has 1 saturated heterocycles. The van der Waals surface area contributed by atoms with Crippen LogP contribution in [-0.4, -0.2) is 35.5 Å². The van der Waals surface area contributed by atoms with Crippen molar-refractivity contribution in [3.8, 4) is 0 Å². The lowest BCUT2D eigenvalue weighted by Crippen LogP contribution is -2.53. The number of amides is 2. The minimum atomic E-state index is -1.49. The van der Waals surface area contributed by atoms with Gasteiger partial charge in [0.2, 0.25) is 11.8 Å². The lowest BCUT2D eigenvalue weighted by Gasteiger charge is -2.37. The number of rotatable bonds is 16. The minimum Gasteiger partial charge on any atom is -0.350 e. The lowest BCUT2D eigenvalue weighted by molar-refractivity contribution is -0.202. The van der Waals surface area contributed by atoms with Gasteiger partial charge in [-0.15, -0.1) is 0 Å². The highest BCUT2D eigenvalue weighted by atomic mass is 16.8. The summed E-state index contributed by atoms with van der Waals surface area (Å²) in [6, 6.07) is 11.4. The topological polar surface area (TPSA) is 133 Å². The molecule has 2 amide bonds. The van der Waals surface area contributed by atoms with E-state index in [1.807, 2.05) is 50.2 Å². The Balaban J connectivity index is 1.74. The van der Waals surface area contributed by atoms with Crippen LogP contribution in [0.3, 0.4) is 0 Å². The monoisotopic (exact) mass is 620 g/mol. The van der Waals surface area contributed by atoms with Gasteiger partial charge in [-0.05, 0) is 67.7 Å². The third-order valence-electron chi connectivity index (χ3n) is 9.78. The summed E-state index contributed by atoms with van der Waals surface area (Å²) in [7, 11) is 0. The van der Waals surface area contributed by atoms with Crippen molar-refractivity contribution in [3.05, 3.63) is 65.5 Å². The minimum absolute atomic E-state index is 0.169. The van der Waals surface area contributed by atoms with Crippen molar-refractivity contribution in [2.75, 3.05) is 6.61 Å². The Hall–Kier alpha value is -3.14. The van der Waals surface area contributed by atoms with Gasteiger partial charge in [-0.1, -0.05) is 88.6 Å². The van der Waals surface area contributed by atoms with Crippen LogP contribution in [0, 0.1) is 24.2 Å². The Morgan fingerprint density at radius 1 is 1.07 bits per heavy atom. The second-order valence-electron chi connectivity index (χ2n) is 13.0. The van der Waals surface area contributed by atoms with E-state index in [0.29, 0.717) is 37.4 Å². The summed E-state index contributed by atoms with van der Waals surface area (Å²) >= 11 is 0. The molecule has 1 aromatic carbocycles. The van der Waals surface area contributed by atoms with Crippen molar-refractivity contribution in [1.82, 2.24) is 15.9 Å². The van der Waals surface area contributed by atoms with Crippen molar-refractivity contribution in [2.45, 2.75) is 116 Å². The molecule has 1 aromatic heterocycles. The molecule has 4 rings (SSSR count). The molecule has 0 radical (unpaired) electrons. The van der Waals surface area contributed by atoms with Gasteiger partial charge >= 0.3 is 0 Å². The number of carbonyl (C=O) groups excluding carboxylic acids is 3. The molecular weight excluding hydrogens is 568 g/mol. The van der Waals surface area contributed by atoms with Gasteiger partial charge in [0.15, 0.2) is 12.1 Å². The van der Waals surface area contributed by atoms with Crippen molar-refractivity contribution >= 4 is 17.6 Å². The SMILES string of the molecule is CCCC(Cc1ccccc1)(C(=O)NN)C(=O)[C@@H](c1cnccc1C)[C@H](CCCC1CCCCC1)C(=O)NOC1CCCCO1. The zero-order valence-corrected chi connectivity index (χ0v) is 27.1. The van der Waals surface area contributed by atoms with Gasteiger partial charge in [-0.3, -0.25) is 24.8 Å². The number of hydroxylamine groups is 1. The number of hydrazine groups is 1. The maximum absolute atomic E-state index is 15.2. The molecule has 4 atom stereocenters. The van der Waals surface area contributed by atoms with Crippen LogP contribution in [0.2, 0.25) is 0 Å². The summed E-state index contributed by atoms with van der Waals surface area (Å²) in [5, 5.41) is 0. The van der Waals surface area contributed by atoms with Crippen molar-refractivity contribution < 1.29 is 24.0 Å². The number of hydrogen-bond donors (Lipinski definition) is 3. The van der Waals surface area contributed by atoms with Crippen LogP contribution in [0.1, 0.15) is 113 Å². The van der Waals surface area contributed by atoms with Crippen molar-refractivity contribution in [3.63, 3.8) is 0 Å². The second-order valence-corrected chi connectivity index (χ2v) is 13.0. The number of hydrogen-bond acceptors (Lipinski definition) is 7. The summed E-state index contributed by atoms with van der Waals surface area (Å²) < 4.78 is 5.70. The van der Waals surface area contributed by atoms with Crippen LogP contribution < -0.4 is 16.7 Å². The average molecular weight is 621 g/mol. The van der Waals surface area contributed by atoms with E-state index in [9.17, 15) is 9.59 Å². The predicted octanol–water partition coefficient (Wildman–Crippen LogP) is 6.00. The number of nitrogens with one attached hydrogen (secondary N) is 2. The fraction of sp³-hybridized carbons (Fsp3) is 0.611. The van der Waals surface area contributed by atoms with Gasteiger partial charge < -0.3 is 4.74 Å². The summed E-state index contributed by atoms with van der Waals surface area (Å²) in [6.45, 7) is 4.45. The molecule has 0 spiro atoms. The average Bonchev–Trinajstić information content (AvgIpc) is 3.08. The predicted molar refractivity (Wildman–Crippen MR) is 173 cm³/mol. The third-order valence-corrected chi connectivity index (χ3v) is 9.78. The molecule has 1 saturated carbocycles. The Morgan fingerprint density at radius 2 is 1.82 bits per heavy atom. The largest absolute Gasteiger partial charge is 0.350 e. The summed E-state index contributed by atoms with van der Waals surface area (Å²) in [5.74, 6) is 3.46. The van der Waals surface area contributed by atoms with Crippen molar-refractivity contribution in [2.24, 2.45) is 23.1 Å². The molecule has 9 heteroatoms. The van der Waals surface area contributed by atoms with E-state index in [2.05, 4.69) is 15.9 Å². The highest BCUT2D eigenvalue weighted by Crippen LogP contribution is 2.42.